The van der Waals surface area contributed by atoms with Crippen LogP contribution in [0.15, 0.2) is 56.1 Å². The first-order valence-corrected chi connectivity index (χ1v) is 10.7. The van der Waals surface area contributed by atoms with Crippen LogP contribution in [0.5, 0.6) is 11.5 Å². The zero-order valence-corrected chi connectivity index (χ0v) is 18.2. The topological polar surface area (TPSA) is 69.0 Å². The second-order valence-corrected chi connectivity index (χ2v) is 8.57. The van der Waals surface area contributed by atoms with E-state index in [1.54, 1.807) is 49.1 Å². The molecule has 1 aromatic heterocycles. The molecule has 1 amide bonds. The number of halogens is 1. The third-order valence-corrected chi connectivity index (χ3v) is 6.52. The van der Waals surface area contributed by atoms with Gasteiger partial charge in [-0.05, 0) is 42.0 Å². The van der Waals surface area contributed by atoms with Crippen molar-refractivity contribution in [2.24, 2.45) is 0 Å². The number of carbonyl (C=O) groups excluding carboxylic acids is 1. The van der Waals surface area contributed by atoms with E-state index in [4.69, 9.17) is 13.9 Å². The summed E-state index contributed by atoms with van der Waals surface area (Å²) in [7, 11) is 3.15. The summed E-state index contributed by atoms with van der Waals surface area (Å²) >= 11 is 5.04. The molecule has 3 aromatic rings. The van der Waals surface area contributed by atoms with Crippen molar-refractivity contribution in [1.29, 1.82) is 0 Å². The highest BCUT2D eigenvalue weighted by molar-refractivity contribution is 9.10. The molecule has 29 heavy (non-hydrogen) atoms. The molecular formula is C21H18BrNO5S. The number of methoxy groups -OCH3 is 2. The second-order valence-electron chi connectivity index (χ2n) is 6.47. The Morgan fingerprint density at radius 3 is 2.69 bits per heavy atom. The van der Waals surface area contributed by atoms with Crippen LogP contribution < -0.4 is 15.1 Å². The third kappa shape index (κ3) is 3.74. The molecule has 0 aliphatic carbocycles. The first-order chi connectivity index (χ1) is 14.0. The minimum atomic E-state index is -0.632. The van der Waals surface area contributed by atoms with Gasteiger partial charge in [0.05, 0.1) is 14.2 Å². The summed E-state index contributed by atoms with van der Waals surface area (Å²) in [6, 6.07) is 12.5. The fourth-order valence-electron chi connectivity index (χ4n) is 3.36. The predicted molar refractivity (Wildman–Crippen MR) is 116 cm³/mol. The Morgan fingerprint density at radius 2 is 1.93 bits per heavy atom. The number of hydrogen-bond acceptors (Lipinski definition) is 6. The number of thioether (sulfide) groups is 1. The molecule has 0 radical (unpaired) electrons. The molecule has 1 aliphatic rings. The Bertz CT molecular complexity index is 1150. The Kier molecular flexibility index (Phi) is 5.56. The standard InChI is InChI=1S/C21H18BrNO5S/c1-26-17-5-3-12(11-18(17)27-2)20-23(7-8-29-20)19(24)15-10-13-9-14(22)4-6-16(13)28-21(15)25/h3-6,9-11,20H,7-8H2,1-2H3/t20-/m0/s1. The fraction of sp³-hybridized carbons (Fsp3) is 0.238. The lowest BCUT2D eigenvalue weighted by molar-refractivity contribution is 0.0756. The van der Waals surface area contributed by atoms with Gasteiger partial charge in [-0.15, -0.1) is 11.8 Å². The van der Waals surface area contributed by atoms with Crippen LogP contribution in [-0.4, -0.2) is 37.3 Å². The van der Waals surface area contributed by atoms with E-state index >= 15 is 0 Å². The summed E-state index contributed by atoms with van der Waals surface area (Å²) in [6.07, 6.45) is 0. The van der Waals surface area contributed by atoms with Gasteiger partial charge in [0.2, 0.25) is 0 Å². The number of benzene rings is 2. The summed E-state index contributed by atoms with van der Waals surface area (Å²) in [5.41, 5.74) is 0.754. The number of fused-ring (bicyclic) bond motifs is 1. The summed E-state index contributed by atoms with van der Waals surface area (Å²) in [4.78, 5) is 27.4. The molecule has 6 nitrogen and oxygen atoms in total. The maximum Gasteiger partial charge on any atom is 0.349 e. The van der Waals surface area contributed by atoms with Gasteiger partial charge in [0.25, 0.3) is 5.91 Å². The van der Waals surface area contributed by atoms with Gasteiger partial charge in [-0.25, -0.2) is 4.79 Å². The minimum Gasteiger partial charge on any atom is -0.493 e. The number of rotatable bonds is 4. The Morgan fingerprint density at radius 1 is 1.14 bits per heavy atom. The van der Waals surface area contributed by atoms with Crippen molar-refractivity contribution >= 4 is 44.6 Å². The lowest BCUT2D eigenvalue weighted by Crippen LogP contribution is -2.33. The smallest absolute Gasteiger partial charge is 0.349 e. The van der Waals surface area contributed by atoms with Gasteiger partial charge in [0.1, 0.15) is 16.5 Å². The average Bonchev–Trinajstić information content (AvgIpc) is 3.22. The molecule has 1 aliphatic heterocycles. The van der Waals surface area contributed by atoms with Crippen molar-refractivity contribution in [3.8, 4) is 11.5 Å². The average molecular weight is 476 g/mol. The summed E-state index contributed by atoms with van der Waals surface area (Å²) < 4.78 is 16.9. The van der Waals surface area contributed by atoms with Crippen molar-refractivity contribution < 1.29 is 18.7 Å². The number of amides is 1. The molecule has 0 saturated carbocycles. The van der Waals surface area contributed by atoms with Crippen molar-refractivity contribution in [3.63, 3.8) is 0 Å². The zero-order valence-electron chi connectivity index (χ0n) is 15.8. The molecule has 150 valence electrons. The van der Waals surface area contributed by atoms with Crippen LogP contribution in [0.4, 0.5) is 0 Å². The Hall–Kier alpha value is -2.45. The summed E-state index contributed by atoms with van der Waals surface area (Å²) in [5, 5.41) is 0.469. The van der Waals surface area contributed by atoms with E-state index < -0.39 is 5.63 Å². The molecule has 0 bridgehead atoms. The van der Waals surface area contributed by atoms with Gasteiger partial charge in [0, 0.05) is 22.2 Å². The number of nitrogens with zero attached hydrogens (tertiary/aromatic N) is 1. The van der Waals surface area contributed by atoms with Crippen LogP contribution in [0.25, 0.3) is 11.0 Å². The molecular weight excluding hydrogens is 458 g/mol. The van der Waals surface area contributed by atoms with Gasteiger partial charge in [0.15, 0.2) is 11.5 Å². The number of carbonyl (C=O) groups is 1. The molecule has 2 heterocycles. The first kappa shape index (κ1) is 19.8. The largest absolute Gasteiger partial charge is 0.493 e. The molecule has 1 saturated heterocycles. The van der Waals surface area contributed by atoms with Gasteiger partial charge in [-0.1, -0.05) is 22.0 Å². The van der Waals surface area contributed by atoms with Crippen molar-refractivity contribution in [3.05, 3.63) is 68.5 Å². The summed E-state index contributed by atoms with van der Waals surface area (Å²) in [6.45, 7) is 0.540. The predicted octanol–water partition coefficient (Wildman–Crippen LogP) is 4.46. The zero-order chi connectivity index (χ0) is 20.5. The van der Waals surface area contributed by atoms with E-state index in [0.717, 1.165) is 15.8 Å². The molecule has 4 rings (SSSR count). The molecule has 0 N–H and O–H groups in total. The van der Waals surface area contributed by atoms with E-state index in [1.807, 2.05) is 24.3 Å². The number of ether oxygens (including phenoxy) is 2. The van der Waals surface area contributed by atoms with Gasteiger partial charge < -0.3 is 18.8 Å². The number of hydrogen-bond donors (Lipinski definition) is 0. The maximum atomic E-state index is 13.2. The van der Waals surface area contributed by atoms with E-state index in [0.29, 0.717) is 29.0 Å². The molecule has 1 fully saturated rings. The lowest BCUT2D eigenvalue weighted by atomic mass is 10.1. The van der Waals surface area contributed by atoms with Crippen molar-refractivity contribution in [1.82, 2.24) is 4.90 Å². The molecule has 0 unspecified atom stereocenters. The van der Waals surface area contributed by atoms with E-state index in [-0.39, 0.29) is 16.8 Å². The third-order valence-electron chi connectivity index (χ3n) is 4.77. The van der Waals surface area contributed by atoms with Crippen LogP contribution in [0.2, 0.25) is 0 Å². The van der Waals surface area contributed by atoms with E-state index in [9.17, 15) is 9.59 Å². The van der Waals surface area contributed by atoms with E-state index in [1.165, 1.54) is 0 Å². The second kappa shape index (κ2) is 8.12. The van der Waals surface area contributed by atoms with Crippen molar-refractivity contribution in [2.75, 3.05) is 26.5 Å². The van der Waals surface area contributed by atoms with Crippen LogP contribution in [0.1, 0.15) is 21.3 Å². The highest BCUT2D eigenvalue weighted by atomic mass is 79.9. The van der Waals surface area contributed by atoms with Crippen molar-refractivity contribution in [2.45, 2.75) is 5.37 Å². The van der Waals surface area contributed by atoms with Crippen LogP contribution >= 0.6 is 27.7 Å². The SMILES string of the molecule is COc1ccc([C@@H]2SCCN2C(=O)c2cc3cc(Br)ccc3oc2=O)cc1OC. The molecule has 2 aromatic carbocycles. The Balaban J connectivity index is 1.70. The van der Waals surface area contributed by atoms with Gasteiger partial charge in [-0.3, -0.25) is 4.79 Å². The molecule has 8 heteroatoms. The first-order valence-electron chi connectivity index (χ1n) is 8.89. The lowest BCUT2D eigenvalue weighted by Gasteiger charge is -2.24. The van der Waals surface area contributed by atoms with Crippen LogP contribution in [0.3, 0.4) is 0 Å². The van der Waals surface area contributed by atoms with Gasteiger partial charge >= 0.3 is 5.63 Å². The summed E-state index contributed by atoms with van der Waals surface area (Å²) in [5.74, 6) is 1.65. The highest BCUT2D eigenvalue weighted by Gasteiger charge is 2.33. The fourth-order valence-corrected chi connectivity index (χ4v) is 4.98. The molecule has 1 atom stereocenters. The highest BCUT2D eigenvalue weighted by Crippen LogP contribution is 2.41. The van der Waals surface area contributed by atoms with Gasteiger partial charge in [-0.2, -0.15) is 0 Å². The van der Waals surface area contributed by atoms with E-state index in [2.05, 4.69) is 15.9 Å². The van der Waals surface area contributed by atoms with Crippen LogP contribution in [-0.2, 0) is 0 Å². The Labute approximate surface area is 179 Å². The molecule has 0 spiro atoms. The quantitative estimate of drug-likeness (QED) is 0.518. The minimum absolute atomic E-state index is 0.0311. The maximum absolute atomic E-state index is 13.2. The normalized spacial score (nSPS) is 16.2. The monoisotopic (exact) mass is 475 g/mol. The van der Waals surface area contributed by atoms with Crippen LogP contribution in [0, 0.1) is 0 Å².